The number of benzene rings is 2. The second-order valence-corrected chi connectivity index (χ2v) is 4.87. The van der Waals surface area contributed by atoms with Gasteiger partial charge in [0, 0.05) is 14.8 Å². The van der Waals surface area contributed by atoms with Crippen molar-refractivity contribution in [1.29, 1.82) is 0 Å². The molecule has 2 heteroatoms. The van der Waals surface area contributed by atoms with E-state index >= 15 is 0 Å². The molecule has 0 unspecified atom stereocenters. The third kappa shape index (κ3) is 1.37. The Morgan fingerprint density at radius 3 is 2.60 bits per heavy atom. The second-order valence-electron chi connectivity index (χ2n) is 3.78. The van der Waals surface area contributed by atoms with Gasteiger partial charge in [0.15, 0.2) is 7.28 Å². The molecule has 0 atom stereocenters. The molecule has 15 heavy (non-hydrogen) atoms. The summed E-state index contributed by atoms with van der Waals surface area (Å²) in [7, 11) is 1.11. The smallest absolute Gasteiger partial charge is 0.135 e. The van der Waals surface area contributed by atoms with E-state index in [4.69, 9.17) is 0 Å². The Balaban J connectivity index is 2.46. The fraction of sp³-hybridized carbons (Fsp3) is 0.0769. The van der Waals surface area contributed by atoms with Crippen LogP contribution in [0, 0.1) is 0 Å². The summed E-state index contributed by atoms with van der Waals surface area (Å²) in [6, 6.07) is 15.5. The van der Waals surface area contributed by atoms with Gasteiger partial charge in [-0.1, -0.05) is 42.6 Å². The molecule has 0 saturated carbocycles. The minimum atomic E-state index is 1.11. The van der Waals surface area contributed by atoms with E-state index in [1.165, 1.54) is 25.6 Å². The monoisotopic (exact) mass is 210 g/mol. The van der Waals surface area contributed by atoms with Gasteiger partial charge in [0.1, 0.15) is 0 Å². The second kappa shape index (κ2) is 3.39. The van der Waals surface area contributed by atoms with Crippen LogP contribution in [-0.2, 0) is 0 Å². The largest absolute Gasteiger partial charge is 0.154 e. The number of fused-ring (bicyclic) bond motifs is 3. The highest BCUT2D eigenvalue weighted by Crippen LogP contribution is 2.32. The first-order chi connectivity index (χ1) is 7.38. The number of thiophene rings is 1. The Hall–Kier alpha value is -1.28. The van der Waals surface area contributed by atoms with Gasteiger partial charge in [0.05, 0.1) is 0 Å². The molecule has 0 N–H and O–H groups in total. The number of hydrogen-bond donors (Lipinski definition) is 0. The zero-order valence-corrected chi connectivity index (χ0v) is 9.47. The predicted molar refractivity (Wildman–Crippen MR) is 72.0 cm³/mol. The van der Waals surface area contributed by atoms with E-state index < -0.39 is 0 Å². The molecular formula is C13H11BS. The summed E-state index contributed by atoms with van der Waals surface area (Å²) in [6.07, 6.45) is 0. The molecule has 0 nitrogen and oxygen atoms in total. The zero-order chi connectivity index (χ0) is 10.3. The molecule has 3 aromatic rings. The number of rotatable bonds is 1. The maximum Gasteiger partial charge on any atom is 0.154 e. The van der Waals surface area contributed by atoms with Crippen LogP contribution < -0.4 is 5.46 Å². The average molecular weight is 210 g/mol. The average Bonchev–Trinajstić information content (AvgIpc) is 2.66. The fourth-order valence-electron chi connectivity index (χ4n) is 1.99. The quantitative estimate of drug-likeness (QED) is 0.541. The summed E-state index contributed by atoms with van der Waals surface area (Å²) in [4.78, 5) is 0. The summed E-state index contributed by atoms with van der Waals surface area (Å²) in [5, 5.41) is 2.81. The minimum Gasteiger partial charge on any atom is -0.135 e. The van der Waals surface area contributed by atoms with E-state index in [-0.39, 0.29) is 0 Å². The molecule has 0 saturated heterocycles. The van der Waals surface area contributed by atoms with Gasteiger partial charge in [-0.15, -0.1) is 11.3 Å². The first-order valence-corrected chi connectivity index (χ1v) is 6.10. The van der Waals surface area contributed by atoms with Gasteiger partial charge in [0.2, 0.25) is 0 Å². The van der Waals surface area contributed by atoms with Crippen molar-refractivity contribution in [2.24, 2.45) is 0 Å². The molecule has 0 fully saturated rings. The number of hydrogen-bond acceptors (Lipinski definition) is 1. The van der Waals surface area contributed by atoms with Gasteiger partial charge in [-0.2, -0.15) is 0 Å². The molecule has 0 bridgehead atoms. The highest BCUT2D eigenvalue weighted by atomic mass is 32.1. The lowest BCUT2D eigenvalue weighted by Crippen LogP contribution is -2.08. The van der Waals surface area contributed by atoms with Gasteiger partial charge in [-0.25, -0.2) is 0 Å². The summed E-state index contributed by atoms with van der Waals surface area (Å²) in [6.45, 7) is 2.20. The maximum atomic E-state index is 2.33. The molecule has 0 radical (unpaired) electrons. The molecule has 0 aliphatic rings. The highest BCUT2D eigenvalue weighted by molar-refractivity contribution is 7.25. The van der Waals surface area contributed by atoms with Gasteiger partial charge in [-0.3, -0.25) is 0 Å². The third-order valence-corrected chi connectivity index (χ3v) is 4.00. The van der Waals surface area contributed by atoms with Crippen LogP contribution in [0.15, 0.2) is 42.5 Å². The van der Waals surface area contributed by atoms with E-state index in [1.54, 1.807) is 0 Å². The van der Waals surface area contributed by atoms with Crippen LogP contribution in [0.1, 0.15) is 0 Å². The predicted octanol–water partition coefficient (Wildman–Crippen LogP) is 3.16. The lowest BCUT2D eigenvalue weighted by molar-refractivity contribution is 1.86. The third-order valence-electron chi connectivity index (χ3n) is 2.85. The lowest BCUT2D eigenvalue weighted by atomic mass is 9.73. The van der Waals surface area contributed by atoms with Crippen LogP contribution in [0.2, 0.25) is 6.82 Å². The topological polar surface area (TPSA) is 0 Å². The van der Waals surface area contributed by atoms with Crippen molar-refractivity contribution in [3.05, 3.63) is 42.5 Å². The highest BCUT2D eigenvalue weighted by Gasteiger charge is 2.04. The van der Waals surface area contributed by atoms with Gasteiger partial charge < -0.3 is 0 Å². The van der Waals surface area contributed by atoms with Gasteiger partial charge in [-0.05, 0) is 17.5 Å². The van der Waals surface area contributed by atoms with E-state index in [9.17, 15) is 0 Å². The summed E-state index contributed by atoms with van der Waals surface area (Å²) in [5.74, 6) is 0. The van der Waals surface area contributed by atoms with Crippen LogP contribution in [0.25, 0.3) is 20.2 Å². The van der Waals surface area contributed by atoms with Crippen molar-refractivity contribution in [1.82, 2.24) is 0 Å². The fourth-order valence-corrected chi connectivity index (χ4v) is 3.08. The molecule has 2 aromatic carbocycles. The molecule has 1 aromatic heterocycles. The first-order valence-electron chi connectivity index (χ1n) is 5.28. The van der Waals surface area contributed by atoms with Crippen molar-refractivity contribution < 1.29 is 0 Å². The van der Waals surface area contributed by atoms with Crippen molar-refractivity contribution in [3.63, 3.8) is 0 Å². The molecule has 0 amide bonds. The standard InChI is InChI=1S/C13H11BS/c1-14-9-6-7-13-11(8-9)10-4-2-3-5-12(10)15-13/h2-8,14H,1H3. The maximum absolute atomic E-state index is 2.33. The van der Waals surface area contributed by atoms with Crippen LogP contribution in [0.4, 0.5) is 0 Å². The van der Waals surface area contributed by atoms with Crippen LogP contribution >= 0.6 is 11.3 Å². The molecule has 1 heterocycles. The Morgan fingerprint density at radius 2 is 1.73 bits per heavy atom. The Kier molecular flexibility index (Phi) is 2.03. The first kappa shape index (κ1) is 8.99. The van der Waals surface area contributed by atoms with Crippen molar-refractivity contribution in [2.45, 2.75) is 6.82 Å². The molecule has 0 spiro atoms. The van der Waals surface area contributed by atoms with Crippen LogP contribution in [-0.4, -0.2) is 7.28 Å². The SMILES string of the molecule is CBc1ccc2sc3ccccc3c2c1. The Labute approximate surface area is 93.8 Å². The Bertz CT molecular complexity index is 625. The normalized spacial score (nSPS) is 11.0. The molecular weight excluding hydrogens is 199 g/mol. The molecule has 0 aliphatic heterocycles. The zero-order valence-electron chi connectivity index (χ0n) is 8.66. The van der Waals surface area contributed by atoms with Crippen LogP contribution in [0.5, 0.6) is 0 Å². The molecule has 3 rings (SSSR count). The van der Waals surface area contributed by atoms with E-state index in [0.717, 1.165) is 7.28 Å². The van der Waals surface area contributed by atoms with E-state index in [0.29, 0.717) is 0 Å². The Morgan fingerprint density at radius 1 is 0.933 bits per heavy atom. The lowest BCUT2D eigenvalue weighted by Gasteiger charge is -1.95. The van der Waals surface area contributed by atoms with Gasteiger partial charge in [0.25, 0.3) is 0 Å². The van der Waals surface area contributed by atoms with Crippen LogP contribution in [0.3, 0.4) is 0 Å². The van der Waals surface area contributed by atoms with E-state index in [2.05, 4.69) is 49.3 Å². The van der Waals surface area contributed by atoms with Crippen molar-refractivity contribution >= 4 is 44.3 Å². The minimum absolute atomic E-state index is 1.11. The van der Waals surface area contributed by atoms with Crippen molar-refractivity contribution in [2.75, 3.05) is 0 Å². The van der Waals surface area contributed by atoms with E-state index in [1.807, 2.05) is 11.3 Å². The van der Waals surface area contributed by atoms with Crippen molar-refractivity contribution in [3.8, 4) is 0 Å². The molecule has 72 valence electrons. The summed E-state index contributed by atoms with van der Waals surface area (Å²) < 4.78 is 2.79. The molecule has 0 aliphatic carbocycles. The summed E-state index contributed by atoms with van der Waals surface area (Å²) in [5.41, 5.74) is 1.42. The summed E-state index contributed by atoms with van der Waals surface area (Å²) >= 11 is 1.88. The van der Waals surface area contributed by atoms with Gasteiger partial charge >= 0.3 is 0 Å².